The number of hydrogen-bond donors (Lipinski definition) is 2. The summed E-state index contributed by atoms with van der Waals surface area (Å²) in [4.78, 5) is 35.4. The average molecular weight is 1310 g/mol. The summed E-state index contributed by atoms with van der Waals surface area (Å²) >= 11 is 0. The smallest absolute Gasteiger partial charge is 0.462 e. The highest BCUT2D eigenvalue weighted by molar-refractivity contribution is 7.47. The van der Waals surface area contributed by atoms with E-state index in [0.717, 1.165) is 148 Å². The number of ether oxygens (including phenoxy) is 2. The second-order valence-electron chi connectivity index (χ2n) is 24.0. The van der Waals surface area contributed by atoms with Gasteiger partial charge in [0, 0.05) is 19.4 Å². The minimum absolute atomic E-state index is 0.0456. The number of nitrogens with two attached hydrogens (primary N) is 1. The Morgan fingerprint density at radius 1 is 0.323 bits per heavy atom. The van der Waals surface area contributed by atoms with Crippen molar-refractivity contribution in [2.45, 2.75) is 302 Å². The zero-order valence-corrected chi connectivity index (χ0v) is 60.1. The molecule has 0 aliphatic carbocycles. The molecule has 9 nitrogen and oxygen atoms in total. The first-order valence-corrected chi connectivity index (χ1v) is 38.8. The van der Waals surface area contributed by atoms with Gasteiger partial charge in [-0.05, 0) is 135 Å². The zero-order chi connectivity index (χ0) is 67.2. The highest BCUT2D eigenvalue weighted by Crippen LogP contribution is 2.43. The van der Waals surface area contributed by atoms with Gasteiger partial charge < -0.3 is 20.1 Å². The van der Waals surface area contributed by atoms with Crippen molar-refractivity contribution in [2.75, 3.05) is 26.4 Å². The van der Waals surface area contributed by atoms with Crippen LogP contribution in [-0.2, 0) is 32.7 Å². The Kier molecular flexibility index (Phi) is 72.1. The quantitative estimate of drug-likeness (QED) is 0.0264. The SMILES string of the molecule is CC/C=C\C/C=C\C/C=C\C/C=C\C/C=C\C/C=C\C/C=C\C/C=C\CCCCCCCCCCCCCCCCC(=O)OC(COC(=O)CCCCCCCCCCCCC/C=C\C/C=C\C/C=C\C/C=C\C/C=C\C/C=C\C/C=C\CC)COP(=O)(O)OCCN. The minimum atomic E-state index is -4.41. The second kappa shape index (κ2) is 76.1. The first-order valence-electron chi connectivity index (χ1n) is 37.3. The maximum Gasteiger partial charge on any atom is 0.472 e. The van der Waals surface area contributed by atoms with Crippen LogP contribution in [0.3, 0.4) is 0 Å². The van der Waals surface area contributed by atoms with Crippen molar-refractivity contribution < 1.29 is 37.6 Å². The number of carbonyl (C=O) groups is 2. The van der Waals surface area contributed by atoms with Gasteiger partial charge in [0.1, 0.15) is 6.61 Å². The topological polar surface area (TPSA) is 134 Å². The van der Waals surface area contributed by atoms with E-state index in [1.54, 1.807) is 0 Å². The van der Waals surface area contributed by atoms with Crippen molar-refractivity contribution in [2.24, 2.45) is 5.73 Å². The molecule has 0 saturated carbocycles. The van der Waals surface area contributed by atoms with Crippen LogP contribution in [0.4, 0.5) is 0 Å². The summed E-state index contributed by atoms with van der Waals surface area (Å²) in [6.45, 7) is 3.52. The Morgan fingerprint density at radius 2 is 0.559 bits per heavy atom. The molecule has 93 heavy (non-hydrogen) atoms. The normalized spacial score (nSPS) is 14.0. The number of unbranched alkanes of at least 4 members (excludes halogenated alkanes) is 25. The number of rotatable bonds is 68. The number of carbonyl (C=O) groups excluding carboxylic acids is 2. The maximum absolute atomic E-state index is 12.8. The van der Waals surface area contributed by atoms with Gasteiger partial charge in [-0.15, -0.1) is 0 Å². The number of hydrogen-bond acceptors (Lipinski definition) is 8. The first-order chi connectivity index (χ1) is 45.8. The third kappa shape index (κ3) is 76.0. The molecule has 0 amide bonds. The van der Waals surface area contributed by atoms with Crippen LogP contribution in [0.5, 0.6) is 0 Å². The molecule has 0 heterocycles. The summed E-state index contributed by atoms with van der Waals surface area (Å²) in [6, 6.07) is 0. The number of phosphoric acid groups is 1. The van der Waals surface area contributed by atoms with Gasteiger partial charge in [0.2, 0.25) is 0 Å². The van der Waals surface area contributed by atoms with Crippen molar-refractivity contribution >= 4 is 19.8 Å². The van der Waals surface area contributed by atoms with Crippen molar-refractivity contribution in [3.63, 3.8) is 0 Å². The van der Waals surface area contributed by atoms with Gasteiger partial charge in [-0.1, -0.05) is 331 Å². The van der Waals surface area contributed by atoms with Gasteiger partial charge in [-0.25, -0.2) is 4.57 Å². The van der Waals surface area contributed by atoms with Crippen molar-refractivity contribution in [3.8, 4) is 0 Å². The summed E-state index contributed by atoms with van der Waals surface area (Å²) in [5, 5.41) is 0. The molecule has 0 spiro atoms. The van der Waals surface area contributed by atoms with E-state index in [4.69, 9.17) is 24.3 Å². The van der Waals surface area contributed by atoms with Crippen LogP contribution in [0, 0.1) is 0 Å². The highest BCUT2D eigenvalue weighted by atomic mass is 31.2. The van der Waals surface area contributed by atoms with Crippen LogP contribution in [-0.4, -0.2) is 49.3 Å². The Morgan fingerprint density at radius 3 is 0.828 bits per heavy atom. The molecule has 0 radical (unpaired) electrons. The third-order valence-electron chi connectivity index (χ3n) is 15.3. The lowest BCUT2D eigenvalue weighted by molar-refractivity contribution is -0.161. The van der Waals surface area contributed by atoms with Crippen LogP contribution in [0.15, 0.2) is 182 Å². The molecule has 0 aliphatic heterocycles. The van der Waals surface area contributed by atoms with Crippen LogP contribution in [0.1, 0.15) is 296 Å². The molecule has 0 aliphatic rings. The molecule has 3 N–H and O–H groups in total. The van der Waals surface area contributed by atoms with Crippen molar-refractivity contribution in [1.29, 1.82) is 0 Å². The van der Waals surface area contributed by atoms with E-state index >= 15 is 0 Å². The summed E-state index contributed by atoms with van der Waals surface area (Å²) in [7, 11) is -4.41. The largest absolute Gasteiger partial charge is 0.472 e. The molecule has 0 fully saturated rings. The fourth-order valence-corrected chi connectivity index (χ4v) is 10.6. The standard InChI is InChI=1S/C83H136NO8P/c1-3-5-7-9-11-13-15-17-19-21-23-25-27-29-31-33-35-37-38-39-40-41-42-44-46-48-50-52-54-56-58-60-62-64-66-68-70-72-74-76-83(86)92-81(80-91-93(87,88)90-78-77-84)79-89-82(85)75-73-71-69-67-65-63-61-59-57-55-53-51-49-47-45-43-36-34-32-30-28-26-24-22-20-18-16-14-12-10-8-6-4-2/h5-8,11-14,17-20,23-26,29-32,35-37,39-40,42-44,47,49,81H,3-4,9-10,15-16,21-22,27-28,33-34,38,41,45-46,48,50-80,84H2,1-2H3,(H,87,88)/b7-5-,8-6-,13-11-,14-12-,19-17-,20-18-,25-23-,26-24-,31-29-,32-30-,37-35-,40-39-,43-36-,44-42-,49-47-. The number of esters is 2. The van der Waals surface area contributed by atoms with Crippen molar-refractivity contribution in [3.05, 3.63) is 182 Å². The summed E-state index contributed by atoms with van der Waals surface area (Å²) in [5.41, 5.74) is 5.41. The van der Waals surface area contributed by atoms with E-state index in [-0.39, 0.29) is 38.6 Å². The van der Waals surface area contributed by atoms with Gasteiger partial charge >= 0.3 is 19.8 Å². The zero-order valence-electron chi connectivity index (χ0n) is 59.2. The van der Waals surface area contributed by atoms with Crippen LogP contribution < -0.4 is 5.73 Å². The maximum atomic E-state index is 12.8. The molecule has 526 valence electrons. The Labute approximate surface area is 571 Å². The molecular weight excluding hydrogens is 1170 g/mol. The van der Waals surface area contributed by atoms with Gasteiger partial charge in [0.15, 0.2) is 6.10 Å². The van der Waals surface area contributed by atoms with E-state index < -0.39 is 26.5 Å². The Bertz CT molecular complexity index is 2180. The molecule has 2 atom stereocenters. The van der Waals surface area contributed by atoms with Crippen LogP contribution >= 0.6 is 7.82 Å². The van der Waals surface area contributed by atoms with E-state index in [1.807, 2.05) is 0 Å². The molecule has 0 rings (SSSR count). The van der Waals surface area contributed by atoms with Gasteiger partial charge in [-0.2, -0.15) is 0 Å². The first kappa shape index (κ1) is 88.1. The monoisotopic (exact) mass is 1310 g/mol. The molecule has 0 aromatic rings. The van der Waals surface area contributed by atoms with E-state index in [2.05, 4.69) is 196 Å². The summed E-state index contributed by atoms with van der Waals surface area (Å²) in [6.07, 6.45) is 114. The average Bonchev–Trinajstić information content (AvgIpc) is 3.60. The van der Waals surface area contributed by atoms with Gasteiger partial charge in [-0.3, -0.25) is 18.6 Å². The Balaban J connectivity index is 3.92. The molecule has 2 unspecified atom stereocenters. The molecular formula is C83H136NO8P. The summed E-state index contributed by atoms with van der Waals surface area (Å²) < 4.78 is 33.2. The Hall–Kier alpha value is -4.89. The molecule has 0 bridgehead atoms. The van der Waals surface area contributed by atoms with E-state index in [0.29, 0.717) is 6.42 Å². The molecule has 0 aromatic heterocycles. The van der Waals surface area contributed by atoms with E-state index in [1.165, 1.54) is 116 Å². The molecule has 0 aromatic carbocycles. The summed E-state index contributed by atoms with van der Waals surface area (Å²) in [5.74, 6) is -0.836. The number of allylic oxidation sites excluding steroid dienone is 30. The van der Waals surface area contributed by atoms with Gasteiger partial charge in [0.25, 0.3) is 0 Å². The molecule has 0 saturated heterocycles. The van der Waals surface area contributed by atoms with Gasteiger partial charge in [0.05, 0.1) is 13.2 Å². The minimum Gasteiger partial charge on any atom is -0.462 e. The predicted octanol–water partition coefficient (Wildman–Crippen LogP) is 25.1. The second-order valence-corrected chi connectivity index (χ2v) is 25.5. The third-order valence-corrected chi connectivity index (χ3v) is 16.3. The van der Waals surface area contributed by atoms with Crippen molar-refractivity contribution in [1.82, 2.24) is 0 Å². The van der Waals surface area contributed by atoms with Crippen LogP contribution in [0.2, 0.25) is 0 Å². The lowest BCUT2D eigenvalue weighted by Gasteiger charge is -2.19. The fraction of sp³-hybridized carbons (Fsp3) is 0.614. The predicted molar refractivity (Wildman–Crippen MR) is 403 cm³/mol. The van der Waals surface area contributed by atoms with Crippen LogP contribution in [0.25, 0.3) is 0 Å². The lowest BCUT2D eigenvalue weighted by Crippen LogP contribution is -2.29. The highest BCUT2D eigenvalue weighted by Gasteiger charge is 2.26. The lowest BCUT2D eigenvalue weighted by atomic mass is 10.0. The fourth-order valence-electron chi connectivity index (χ4n) is 9.87. The molecule has 10 heteroatoms. The number of phosphoric ester groups is 1. The van der Waals surface area contributed by atoms with E-state index in [9.17, 15) is 19.0 Å².